The molecule has 0 fully saturated rings. The molecule has 3 rings (SSSR count). The smallest absolute Gasteiger partial charge is 0.245 e. The maximum atomic E-state index is 14.1. The number of unbranched alkanes of at least 4 members (excludes halogenated alkanes) is 3. The number of nitrogens with zero attached hydrogens (tertiary/aromatic N) is 4. The van der Waals surface area contributed by atoms with Crippen molar-refractivity contribution in [2.24, 2.45) is 5.73 Å². The summed E-state index contributed by atoms with van der Waals surface area (Å²) in [5, 5.41) is 3.24. The molecular weight excluding hydrogens is 462 g/mol. The largest absolute Gasteiger partial charge is 0.370 e. The van der Waals surface area contributed by atoms with Crippen LogP contribution in [0.15, 0.2) is 35.5 Å². The Hall–Kier alpha value is -2.64. The highest BCUT2D eigenvalue weighted by atomic mass is 32.2. The molecule has 1 aromatic carbocycles. The number of sulfonamides is 1. The van der Waals surface area contributed by atoms with Crippen LogP contribution in [0.25, 0.3) is 4.96 Å². The molecule has 13 heteroatoms. The molecule has 0 spiro atoms. The van der Waals surface area contributed by atoms with Gasteiger partial charge in [-0.25, -0.2) is 22.2 Å². The number of benzene rings is 1. The molecule has 0 atom stereocenters. The lowest BCUT2D eigenvalue weighted by atomic mass is 10.2. The predicted molar refractivity (Wildman–Crippen MR) is 117 cm³/mol. The molecule has 1 amide bonds. The molecule has 0 saturated carbocycles. The monoisotopic (exact) mass is 486 g/mol. The van der Waals surface area contributed by atoms with Gasteiger partial charge in [-0.05, 0) is 25.0 Å². The number of fused-ring (bicyclic) bond motifs is 1. The molecule has 174 valence electrons. The summed E-state index contributed by atoms with van der Waals surface area (Å²) in [5.74, 6) is -1.98. The summed E-state index contributed by atoms with van der Waals surface area (Å²) in [6, 6.07) is 2.29. The standard InChI is InChI=1S/C19H24F2N6O3S2/c20-14-5-6-16(15(21)13-14)32(29,30)26(11-7-17(22)28)10-4-2-1-3-8-23-18-25-31-19-24-9-12-27(18)19/h5-6,9,12-13H,1-4,7-8,10-11H2,(H2,22,28)(H,23,25). The van der Waals surface area contributed by atoms with Gasteiger partial charge >= 0.3 is 0 Å². The van der Waals surface area contributed by atoms with Crippen LogP contribution in [0.5, 0.6) is 0 Å². The van der Waals surface area contributed by atoms with Gasteiger partial charge in [0.05, 0.1) is 0 Å². The Labute approximate surface area is 188 Å². The molecule has 0 saturated heterocycles. The van der Waals surface area contributed by atoms with Gasteiger partial charge in [0.1, 0.15) is 16.5 Å². The molecule has 3 aromatic rings. The number of anilines is 1. The average molecular weight is 487 g/mol. The van der Waals surface area contributed by atoms with E-state index in [1.165, 1.54) is 11.5 Å². The van der Waals surface area contributed by atoms with Crippen molar-refractivity contribution in [1.82, 2.24) is 18.1 Å². The van der Waals surface area contributed by atoms with Gasteiger partial charge in [0.15, 0.2) is 0 Å². The molecule has 0 unspecified atom stereocenters. The summed E-state index contributed by atoms with van der Waals surface area (Å²) in [5.41, 5.74) is 5.15. The van der Waals surface area contributed by atoms with Crippen molar-refractivity contribution in [3.05, 3.63) is 42.2 Å². The van der Waals surface area contributed by atoms with Gasteiger partial charge in [0.25, 0.3) is 0 Å². The molecule has 2 heterocycles. The average Bonchev–Trinajstić information content (AvgIpc) is 3.33. The predicted octanol–water partition coefficient (Wildman–Crippen LogP) is 2.61. The van der Waals surface area contributed by atoms with Crippen LogP contribution in [-0.4, -0.2) is 52.0 Å². The number of carbonyl (C=O) groups excluding carboxylic acids is 1. The van der Waals surface area contributed by atoms with E-state index in [9.17, 15) is 22.0 Å². The van der Waals surface area contributed by atoms with Crippen molar-refractivity contribution >= 4 is 38.4 Å². The second-order valence-electron chi connectivity index (χ2n) is 7.12. The van der Waals surface area contributed by atoms with Crippen molar-refractivity contribution in [2.75, 3.05) is 25.0 Å². The van der Waals surface area contributed by atoms with Gasteiger partial charge in [0, 0.05) is 56.0 Å². The number of imidazole rings is 1. The first-order valence-electron chi connectivity index (χ1n) is 10.0. The third-order valence-corrected chi connectivity index (χ3v) is 7.45. The second kappa shape index (κ2) is 10.8. The Morgan fingerprint density at radius 1 is 1.19 bits per heavy atom. The van der Waals surface area contributed by atoms with Crippen LogP contribution in [0.2, 0.25) is 0 Å². The Bertz CT molecular complexity index is 1160. The van der Waals surface area contributed by atoms with Gasteiger partial charge in [-0.1, -0.05) is 12.8 Å². The maximum Gasteiger partial charge on any atom is 0.245 e. The lowest BCUT2D eigenvalue weighted by Gasteiger charge is -2.22. The van der Waals surface area contributed by atoms with Crippen LogP contribution in [0.4, 0.5) is 14.7 Å². The fourth-order valence-corrected chi connectivity index (χ4v) is 5.33. The molecule has 0 aliphatic carbocycles. The third-order valence-electron chi connectivity index (χ3n) is 4.79. The first-order valence-corrected chi connectivity index (χ1v) is 12.3. The normalized spacial score (nSPS) is 12.0. The number of aromatic nitrogens is 3. The van der Waals surface area contributed by atoms with E-state index in [1.807, 2.05) is 10.6 Å². The van der Waals surface area contributed by atoms with E-state index in [0.717, 1.165) is 46.6 Å². The van der Waals surface area contributed by atoms with Crippen LogP contribution in [0.3, 0.4) is 0 Å². The molecule has 0 bridgehead atoms. The molecule has 0 radical (unpaired) electrons. The van der Waals surface area contributed by atoms with Gasteiger partial charge in [-0.3, -0.25) is 9.20 Å². The first kappa shape index (κ1) is 24.0. The highest BCUT2D eigenvalue weighted by molar-refractivity contribution is 7.89. The molecular formula is C19H24F2N6O3S2. The summed E-state index contributed by atoms with van der Waals surface area (Å²) in [6.07, 6.45) is 6.26. The van der Waals surface area contributed by atoms with E-state index in [-0.39, 0.29) is 19.5 Å². The van der Waals surface area contributed by atoms with E-state index in [0.29, 0.717) is 19.0 Å². The van der Waals surface area contributed by atoms with E-state index >= 15 is 0 Å². The number of hydrogen-bond donors (Lipinski definition) is 2. The molecule has 0 aliphatic heterocycles. The number of rotatable bonds is 13. The van der Waals surface area contributed by atoms with Gasteiger partial charge < -0.3 is 11.1 Å². The number of amides is 1. The molecule has 3 N–H and O–H groups in total. The van der Waals surface area contributed by atoms with Gasteiger partial charge in [-0.2, -0.15) is 8.68 Å². The van der Waals surface area contributed by atoms with Crippen LogP contribution in [0, 0.1) is 11.6 Å². The fourth-order valence-electron chi connectivity index (χ4n) is 3.14. The topological polar surface area (TPSA) is 123 Å². The number of primary amides is 1. The number of hydrogen-bond acceptors (Lipinski definition) is 7. The zero-order chi connectivity index (χ0) is 23.1. The van der Waals surface area contributed by atoms with Gasteiger partial charge in [0.2, 0.25) is 26.8 Å². The summed E-state index contributed by atoms with van der Waals surface area (Å²) in [6.45, 7) is 0.629. The van der Waals surface area contributed by atoms with Gasteiger partial charge in [-0.15, -0.1) is 0 Å². The number of carbonyl (C=O) groups is 1. The highest BCUT2D eigenvalue weighted by Gasteiger charge is 2.27. The summed E-state index contributed by atoms with van der Waals surface area (Å²) in [7, 11) is -4.23. The number of nitrogens with two attached hydrogens (primary N) is 1. The highest BCUT2D eigenvalue weighted by Crippen LogP contribution is 2.21. The van der Waals surface area contributed by atoms with E-state index in [2.05, 4.69) is 14.7 Å². The minimum Gasteiger partial charge on any atom is -0.370 e. The summed E-state index contributed by atoms with van der Waals surface area (Å²) in [4.78, 5) is 15.5. The minimum absolute atomic E-state index is 0.0988. The number of halogens is 2. The van der Waals surface area contributed by atoms with E-state index in [1.54, 1.807) is 6.20 Å². The summed E-state index contributed by atoms with van der Waals surface area (Å²) < 4.78 is 60.1. The lowest BCUT2D eigenvalue weighted by molar-refractivity contribution is -0.118. The van der Waals surface area contributed by atoms with Crippen LogP contribution in [0.1, 0.15) is 32.1 Å². The Kier molecular flexibility index (Phi) is 8.10. The van der Waals surface area contributed by atoms with Crippen molar-refractivity contribution < 1.29 is 22.0 Å². The first-order chi connectivity index (χ1) is 15.3. The second-order valence-corrected chi connectivity index (χ2v) is 9.76. The molecule has 32 heavy (non-hydrogen) atoms. The van der Waals surface area contributed by atoms with E-state index < -0.39 is 32.5 Å². The number of nitrogens with one attached hydrogen (secondary N) is 1. The molecule has 9 nitrogen and oxygen atoms in total. The van der Waals surface area contributed by atoms with Crippen molar-refractivity contribution in [1.29, 1.82) is 0 Å². The summed E-state index contributed by atoms with van der Waals surface area (Å²) >= 11 is 1.30. The zero-order valence-electron chi connectivity index (χ0n) is 17.2. The van der Waals surface area contributed by atoms with Crippen LogP contribution >= 0.6 is 11.5 Å². The Balaban J connectivity index is 1.49. The van der Waals surface area contributed by atoms with Crippen LogP contribution in [-0.2, 0) is 14.8 Å². The third kappa shape index (κ3) is 5.99. The maximum absolute atomic E-state index is 14.1. The minimum atomic E-state index is -4.23. The Morgan fingerprint density at radius 2 is 1.97 bits per heavy atom. The van der Waals surface area contributed by atoms with Crippen molar-refractivity contribution in [3.63, 3.8) is 0 Å². The van der Waals surface area contributed by atoms with Crippen molar-refractivity contribution in [3.8, 4) is 0 Å². The zero-order valence-corrected chi connectivity index (χ0v) is 18.8. The Morgan fingerprint density at radius 3 is 2.72 bits per heavy atom. The van der Waals surface area contributed by atoms with E-state index in [4.69, 9.17) is 5.73 Å². The quantitative estimate of drug-likeness (QED) is 0.358. The SMILES string of the molecule is NC(=O)CCN(CCCCCCNc1nsc2nccn12)S(=O)(=O)c1ccc(F)cc1F. The molecule has 0 aliphatic rings. The molecule has 2 aromatic heterocycles. The van der Waals surface area contributed by atoms with Crippen molar-refractivity contribution in [2.45, 2.75) is 37.0 Å². The van der Waals surface area contributed by atoms with Crippen LogP contribution < -0.4 is 11.1 Å². The fraction of sp³-hybridized carbons (Fsp3) is 0.421. The lowest BCUT2D eigenvalue weighted by Crippen LogP contribution is -2.35.